The topological polar surface area (TPSA) is 107 Å². The average molecular weight is 745 g/mol. The molecule has 5 heterocycles. The van der Waals surface area contributed by atoms with Crippen LogP contribution in [0.1, 0.15) is 68.0 Å². The molecular weight excluding hydrogens is 692 g/mol. The third kappa shape index (κ3) is 7.50. The average Bonchev–Trinajstić information content (AvgIpc) is 3.88. The lowest BCUT2D eigenvalue weighted by atomic mass is 9.89. The van der Waals surface area contributed by atoms with Gasteiger partial charge in [0.25, 0.3) is 0 Å². The summed E-state index contributed by atoms with van der Waals surface area (Å²) >= 11 is 0. The highest BCUT2D eigenvalue weighted by atomic mass is 19.1. The van der Waals surface area contributed by atoms with Crippen LogP contribution in [0.3, 0.4) is 0 Å². The second-order valence-corrected chi connectivity index (χ2v) is 15.7. The molecule has 5 aromatic rings. The number of halogens is 1. The lowest BCUT2D eigenvalue weighted by Crippen LogP contribution is -2.41. The first-order valence-electron chi connectivity index (χ1n) is 20.2. The number of H-pyrrole nitrogens is 1. The first-order chi connectivity index (χ1) is 26.9. The van der Waals surface area contributed by atoms with Crippen LogP contribution in [0.25, 0.3) is 21.8 Å². The van der Waals surface area contributed by atoms with Gasteiger partial charge in [-0.15, -0.1) is 0 Å². The molecule has 288 valence electrons. The number of hydrogen-bond donors (Lipinski definition) is 3. The van der Waals surface area contributed by atoms with E-state index in [2.05, 4.69) is 78.2 Å². The molecule has 0 radical (unpaired) electrons. The highest BCUT2D eigenvalue weighted by molar-refractivity contribution is 6.02. The van der Waals surface area contributed by atoms with Crippen LogP contribution in [-0.4, -0.2) is 91.6 Å². The van der Waals surface area contributed by atoms with Gasteiger partial charge in [0.05, 0.1) is 33.4 Å². The van der Waals surface area contributed by atoms with Crippen molar-refractivity contribution in [2.75, 3.05) is 80.7 Å². The molecule has 1 atom stereocenters. The third-order valence-electron chi connectivity index (χ3n) is 12.5. The molecule has 55 heavy (non-hydrogen) atoms. The quantitative estimate of drug-likeness (QED) is 0.136. The molecule has 0 bridgehead atoms. The maximum absolute atomic E-state index is 14.6. The number of nitrogens with one attached hydrogen (secondary N) is 2. The summed E-state index contributed by atoms with van der Waals surface area (Å²) in [7, 11) is 1.65. The molecule has 2 aromatic heterocycles. The van der Waals surface area contributed by atoms with Crippen molar-refractivity contribution in [2.24, 2.45) is 5.92 Å². The van der Waals surface area contributed by atoms with Gasteiger partial charge in [0.2, 0.25) is 0 Å². The Balaban J connectivity index is 0.827. The van der Waals surface area contributed by atoms with E-state index in [1.807, 2.05) is 18.2 Å². The summed E-state index contributed by atoms with van der Waals surface area (Å²) in [5, 5.41) is 23.1. The van der Waals surface area contributed by atoms with Crippen molar-refractivity contribution in [3.63, 3.8) is 0 Å². The zero-order valence-corrected chi connectivity index (χ0v) is 31.9. The molecule has 0 spiro atoms. The Bertz CT molecular complexity index is 2140. The number of likely N-dealkylation sites (tertiary alicyclic amines) is 1. The van der Waals surface area contributed by atoms with Crippen molar-refractivity contribution < 1.29 is 14.3 Å². The van der Waals surface area contributed by atoms with E-state index in [1.54, 1.807) is 18.1 Å². The summed E-state index contributed by atoms with van der Waals surface area (Å²) in [5.41, 5.74) is 6.74. The summed E-state index contributed by atoms with van der Waals surface area (Å²) in [6, 6.07) is 23.3. The fourth-order valence-corrected chi connectivity index (χ4v) is 9.51. The molecule has 3 aliphatic heterocycles. The van der Waals surface area contributed by atoms with Crippen molar-refractivity contribution in [2.45, 2.75) is 56.9 Å². The Morgan fingerprint density at radius 3 is 2.53 bits per heavy atom. The monoisotopic (exact) mass is 744 g/mol. The van der Waals surface area contributed by atoms with Gasteiger partial charge in [-0.25, -0.2) is 9.18 Å². The number of aliphatic hydroxyl groups excluding tert-OH is 1. The largest absolute Gasteiger partial charge is 0.396 e. The Kier molecular flexibility index (Phi) is 11.0. The molecule has 2 amide bonds. The van der Waals surface area contributed by atoms with E-state index < -0.39 is 0 Å². The number of anilines is 3. The minimum atomic E-state index is -0.354. The van der Waals surface area contributed by atoms with Crippen LogP contribution in [-0.2, 0) is 0 Å². The molecule has 3 fully saturated rings. The second-order valence-electron chi connectivity index (χ2n) is 15.7. The van der Waals surface area contributed by atoms with Gasteiger partial charge in [-0.2, -0.15) is 5.26 Å². The Labute approximate surface area is 323 Å². The van der Waals surface area contributed by atoms with Crippen molar-refractivity contribution >= 4 is 44.9 Å². The molecule has 0 saturated carbocycles. The number of urea groups is 1. The predicted octanol–water partition coefficient (Wildman–Crippen LogP) is 7.60. The van der Waals surface area contributed by atoms with E-state index in [1.165, 1.54) is 36.7 Å². The van der Waals surface area contributed by atoms with Gasteiger partial charge in [0, 0.05) is 101 Å². The van der Waals surface area contributed by atoms with Crippen LogP contribution in [0.4, 0.5) is 26.2 Å². The Morgan fingerprint density at radius 1 is 0.982 bits per heavy atom. The van der Waals surface area contributed by atoms with Crippen LogP contribution >= 0.6 is 0 Å². The number of rotatable bonds is 10. The number of nitrogens with zero attached hydrogens (tertiary/aromatic N) is 6. The third-order valence-corrected chi connectivity index (χ3v) is 12.5. The Morgan fingerprint density at radius 2 is 1.78 bits per heavy atom. The SMILES string of the molecule is CNC(=O)N(CCCO)c1cccc2c1ccn2C1CCN(CC2CCN(c3ccc(C4CCCN(c5ccc(F)c6c(C#N)c[nH]c56)C4)cc3)CC2)CC1. The number of aromatic nitrogens is 2. The maximum Gasteiger partial charge on any atom is 0.321 e. The molecule has 10 nitrogen and oxygen atoms in total. The number of carbonyl (C=O) groups excluding carboxylic acids is 1. The molecule has 3 saturated heterocycles. The number of aromatic amines is 1. The van der Waals surface area contributed by atoms with Crippen LogP contribution in [0.2, 0.25) is 0 Å². The van der Waals surface area contributed by atoms with Crippen molar-refractivity contribution in [1.82, 2.24) is 19.8 Å². The standard InChI is InChI=1S/C44H53FN8O2/c1-47-44(55)53(20-4-26-54)40-7-2-6-39-37(40)18-25-52(39)36-16-21-49(22-17-36)29-31-14-23-50(24-15-31)35-10-8-32(9-11-35)33-5-3-19-51(30-33)41-13-12-38(45)42-34(27-46)28-48-43(41)42/h2,6-13,18,25,28,31,33,36,48,54H,3-5,14-17,19-24,26,29-30H2,1H3,(H,47,55). The smallest absolute Gasteiger partial charge is 0.321 e. The van der Waals surface area contributed by atoms with E-state index in [0.29, 0.717) is 47.3 Å². The van der Waals surface area contributed by atoms with Gasteiger partial charge >= 0.3 is 6.03 Å². The number of fused-ring (bicyclic) bond motifs is 2. The van der Waals surface area contributed by atoms with Gasteiger partial charge in [0.15, 0.2) is 0 Å². The number of hydrogen-bond acceptors (Lipinski definition) is 6. The number of benzene rings is 3. The number of carbonyl (C=O) groups is 1. The summed E-state index contributed by atoms with van der Waals surface area (Å²) in [6.45, 7) is 7.84. The van der Waals surface area contributed by atoms with E-state index in [4.69, 9.17) is 0 Å². The highest BCUT2D eigenvalue weighted by Gasteiger charge is 2.28. The minimum absolute atomic E-state index is 0.0464. The first-order valence-corrected chi connectivity index (χ1v) is 20.2. The number of amides is 2. The lowest BCUT2D eigenvalue weighted by Gasteiger charge is -2.39. The van der Waals surface area contributed by atoms with Gasteiger partial charge in [-0.1, -0.05) is 18.2 Å². The predicted molar refractivity (Wildman–Crippen MR) is 219 cm³/mol. The van der Waals surface area contributed by atoms with Crippen LogP contribution in [0.15, 0.2) is 73.1 Å². The molecule has 3 aromatic carbocycles. The molecule has 3 N–H and O–H groups in total. The zero-order chi connectivity index (χ0) is 37.9. The maximum atomic E-state index is 14.6. The van der Waals surface area contributed by atoms with E-state index in [0.717, 1.165) is 87.2 Å². The van der Waals surface area contributed by atoms with E-state index in [-0.39, 0.29) is 18.5 Å². The summed E-state index contributed by atoms with van der Waals surface area (Å²) in [5.74, 6) is 0.762. The number of aliphatic hydroxyl groups is 1. The van der Waals surface area contributed by atoms with Crippen molar-refractivity contribution in [3.05, 3.63) is 90.0 Å². The van der Waals surface area contributed by atoms with Gasteiger partial charge < -0.3 is 34.7 Å². The summed E-state index contributed by atoms with van der Waals surface area (Å²) in [4.78, 5) is 25.2. The molecule has 11 heteroatoms. The normalized spacial score (nSPS) is 18.9. The van der Waals surface area contributed by atoms with Crippen LogP contribution in [0.5, 0.6) is 0 Å². The summed E-state index contributed by atoms with van der Waals surface area (Å²) in [6.07, 6.45) is 11.2. The van der Waals surface area contributed by atoms with Crippen LogP contribution < -0.4 is 20.0 Å². The molecular formula is C44H53FN8O2. The van der Waals surface area contributed by atoms with Gasteiger partial charge in [-0.3, -0.25) is 4.90 Å². The lowest BCUT2D eigenvalue weighted by molar-refractivity contribution is 0.154. The highest BCUT2D eigenvalue weighted by Crippen LogP contribution is 2.37. The minimum Gasteiger partial charge on any atom is -0.396 e. The number of nitriles is 1. The van der Waals surface area contributed by atoms with E-state index >= 15 is 0 Å². The zero-order valence-electron chi connectivity index (χ0n) is 31.9. The Hall–Kier alpha value is -5.05. The molecule has 8 rings (SSSR count). The van der Waals surface area contributed by atoms with Crippen molar-refractivity contribution in [3.8, 4) is 6.07 Å². The molecule has 1 unspecified atom stereocenters. The van der Waals surface area contributed by atoms with Gasteiger partial charge in [0.1, 0.15) is 11.9 Å². The molecule has 0 aliphatic carbocycles. The van der Waals surface area contributed by atoms with Gasteiger partial charge in [-0.05, 0) is 98.9 Å². The van der Waals surface area contributed by atoms with E-state index in [9.17, 15) is 19.6 Å². The first kappa shape index (κ1) is 36.9. The van der Waals surface area contributed by atoms with Crippen molar-refractivity contribution in [1.29, 1.82) is 5.26 Å². The number of piperidine rings is 3. The molecule has 3 aliphatic rings. The summed E-state index contributed by atoms with van der Waals surface area (Å²) < 4.78 is 17.0. The second kappa shape index (κ2) is 16.4. The fourth-order valence-electron chi connectivity index (χ4n) is 9.51. The fraction of sp³-hybridized carbons (Fsp3) is 0.455. The van der Waals surface area contributed by atoms with Crippen LogP contribution in [0, 0.1) is 23.1 Å².